The predicted octanol–water partition coefficient (Wildman–Crippen LogP) is -3.71. The average molecular weight is 250 g/mol. The molecule has 0 bridgehead atoms. The molecular weight excluding hydrogens is 250 g/mol. The largest absolute Gasteiger partial charge is 6.00 e. The average Bonchev–Trinajstić information content (AvgIpc) is 0. The van der Waals surface area contributed by atoms with Gasteiger partial charge in [-0.05, 0) is 0 Å². The minimum atomic E-state index is 0. The molecule has 0 N–H and O–H groups in total. The molecule has 0 aliphatic carbocycles. The quantitative estimate of drug-likeness (QED) is 0.385. The van der Waals surface area contributed by atoms with Crippen molar-refractivity contribution in [1.29, 1.82) is 0 Å². The molecule has 0 unspecified atom stereocenters. The Hall–Kier alpha value is 1.63. The van der Waals surface area contributed by atoms with E-state index in [0.29, 0.717) is 0 Å². The molecule has 6 nitrogen and oxygen atoms in total. The first-order chi connectivity index (χ1) is 0. The molecule has 0 saturated heterocycles. The Morgan fingerprint density at radius 1 is 0.444 bits per heavy atom. The summed E-state index contributed by atoms with van der Waals surface area (Å²) in [5.41, 5.74) is 0. The van der Waals surface area contributed by atoms with Gasteiger partial charge < -0.3 is 32.9 Å². The Morgan fingerprint density at radius 3 is 0.444 bits per heavy atom. The fourth-order valence-corrected chi connectivity index (χ4v) is 0. The third-order valence-electron chi connectivity index (χ3n) is 0. The van der Waals surface area contributed by atoms with Gasteiger partial charge in [0, 0.05) is 0 Å². The Morgan fingerprint density at radius 2 is 0.444 bits per heavy atom. The molecule has 0 spiro atoms. The van der Waals surface area contributed by atoms with Crippen LogP contribution < -0.4 is 18.9 Å². The summed E-state index contributed by atoms with van der Waals surface area (Å²) in [6.07, 6.45) is 0. The molecule has 0 fully saturated rings. The zero-order valence-corrected chi connectivity index (χ0v) is 7.71. The molecule has 0 amide bonds. The normalized spacial score (nSPS) is 0. The van der Waals surface area contributed by atoms with Crippen molar-refractivity contribution in [2.45, 2.75) is 0 Å². The fraction of sp³-hybridized carbons (Fsp3) is 0. The van der Waals surface area contributed by atoms with Crippen molar-refractivity contribution in [3.8, 4) is 0 Å². The minimum Gasteiger partial charge on any atom is -2.00 e. The molecule has 0 radical (unpaired) electrons. The molecule has 0 rings (SSSR count). The van der Waals surface area contributed by atoms with Gasteiger partial charge in [-0.2, -0.15) is 0 Å². The van der Waals surface area contributed by atoms with E-state index in [2.05, 4.69) is 0 Å². The van der Waals surface area contributed by atoms with E-state index in [0.717, 1.165) is 0 Å². The van der Waals surface area contributed by atoms with Crippen molar-refractivity contribution in [2.75, 3.05) is 0 Å². The van der Waals surface area contributed by atoms with Gasteiger partial charge in [0.15, 0.2) is 0 Å². The monoisotopic (exact) mass is 252 g/mol. The van der Waals surface area contributed by atoms with Gasteiger partial charge in [0.05, 0.1) is 0 Å². The molecular formula is LiMoO6V. The fourth-order valence-electron chi connectivity index (χ4n) is 0. The Bertz CT molecular complexity index is 13.0. The van der Waals surface area contributed by atoms with Crippen LogP contribution in [0.1, 0.15) is 0 Å². The van der Waals surface area contributed by atoms with Crippen LogP contribution in [0.4, 0.5) is 0 Å². The van der Waals surface area contributed by atoms with Gasteiger partial charge in [-0.3, -0.25) is 0 Å². The van der Waals surface area contributed by atoms with Crippen molar-refractivity contribution in [1.82, 2.24) is 0 Å². The summed E-state index contributed by atoms with van der Waals surface area (Å²) in [7, 11) is 0. The van der Waals surface area contributed by atoms with Crippen molar-refractivity contribution in [3.05, 3.63) is 0 Å². The zero-order chi connectivity index (χ0) is 0. The number of hydrogen-bond donors (Lipinski definition) is 0. The van der Waals surface area contributed by atoms with Gasteiger partial charge in [0.2, 0.25) is 0 Å². The van der Waals surface area contributed by atoms with E-state index in [4.69, 9.17) is 0 Å². The van der Waals surface area contributed by atoms with Gasteiger partial charge >= 0.3 is 58.5 Å². The molecule has 0 aliphatic heterocycles. The molecule has 0 saturated carbocycles. The van der Waals surface area contributed by atoms with E-state index in [9.17, 15) is 0 Å². The van der Waals surface area contributed by atoms with Gasteiger partial charge in [-0.25, -0.2) is 0 Å². The van der Waals surface area contributed by atoms with Crippen LogP contribution in [0.5, 0.6) is 0 Å². The summed E-state index contributed by atoms with van der Waals surface area (Å²) in [5.74, 6) is 0. The maximum absolute atomic E-state index is 0. The summed E-state index contributed by atoms with van der Waals surface area (Å²) >= 11 is 0. The van der Waals surface area contributed by atoms with E-state index < -0.39 is 0 Å². The topological polar surface area (TPSA) is 171 Å². The molecule has 9 heteroatoms. The van der Waals surface area contributed by atoms with Crippen LogP contribution in [-0.4, -0.2) is 0 Å². The third kappa shape index (κ3) is 211. The van der Waals surface area contributed by atoms with Crippen LogP contribution >= 0.6 is 0 Å². The predicted molar refractivity (Wildman–Crippen MR) is 4.12 cm³/mol. The van der Waals surface area contributed by atoms with Crippen molar-refractivity contribution in [2.24, 2.45) is 0 Å². The van der Waals surface area contributed by atoms with Crippen LogP contribution in [0.2, 0.25) is 0 Å². The van der Waals surface area contributed by atoms with Crippen LogP contribution in [0.25, 0.3) is 0 Å². The summed E-state index contributed by atoms with van der Waals surface area (Å²) in [5, 5.41) is 0. The van der Waals surface area contributed by atoms with Gasteiger partial charge in [0.1, 0.15) is 0 Å². The van der Waals surface area contributed by atoms with Crippen LogP contribution in [0, 0.1) is 0 Å². The zero-order valence-electron chi connectivity index (χ0n) is 4.30. The summed E-state index contributed by atoms with van der Waals surface area (Å²) in [6, 6.07) is 0. The van der Waals surface area contributed by atoms with E-state index in [1.165, 1.54) is 0 Å². The number of rotatable bonds is 0. The van der Waals surface area contributed by atoms with Gasteiger partial charge in [-0.1, -0.05) is 0 Å². The van der Waals surface area contributed by atoms with Crippen LogP contribution in [0.15, 0.2) is 0 Å². The van der Waals surface area contributed by atoms with Crippen molar-refractivity contribution < 1.29 is 91.3 Å². The van der Waals surface area contributed by atoms with Gasteiger partial charge in [-0.15, -0.1) is 0 Å². The molecule has 0 aromatic rings. The molecule has 0 aromatic carbocycles. The minimum absolute atomic E-state index is 0. The Balaban J connectivity index is 0. The molecule has 48 valence electrons. The first-order valence-corrected chi connectivity index (χ1v) is 0. The smallest absolute Gasteiger partial charge is 2.00 e. The Kier molecular flexibility index (Phi) is 11100. The Labute approximate surface area is 90.9 Å². The molecule has 9 heavy (non-hydrogen) atoms. The van der Waals surface area contributed by atoms with E-state index in [1.54, 1.807) is 0 Å². The summed E-state index contributed by atoms with van der Waals surface area (Å²) < 4.78 is 0. The first kappa shape index (κ1) is 371. The van der Waals surface area contributed by atoms with Crippen molar-refractivity contribution in [3.63, 3.8) is 0 Å². The third-order valence-corrected chi connectivity index (χ3v) is 0. The molecule has 0 aliphatic rings. The summed E-state index contributed by atoms with van der Waals surface area (Å²) in [4.78, 5) is 0. The van der Waals surface area contributed by atoms with E-state index >= 15 is 0 Å². The van der Waals surface area contributed by atoms with Crippen molar-refractivity contribution >= 4 is 0 Å². The molecule has 0 aromatic heterocycles. The van der Waals surface area contributed by atoms with Crippen LogP contribution in [-0.2, 0) is 72.5 Å². The maximum atomic E-state index is 0. The summed E-state index contributed by atoms with van der Waals surface area (Å²) in [6.45, 7) is 0. The standard InChI is InChI=1S/Li.Mo.6O.V/q+1;+6;6*-2;+5. The number of hydrogen-bond acceptors (Lipinski definition) is 0. The van der Waals surface area contributed by atoms with Crippen LogP contribution in [0.3, 0.4) is 0 Å². The molecule has 0 atom stereocenters. The van der Waals surface area contributed by atoms with Gasteiger partial charge in [0.25, 0.3) is 0 Å². The second kappa shape index (κ2) is 270. The second-order valence-electron chi connectivity index (χ2n) is 0. The maximum Gasteiger partial charge on any atom is 6.00 e. The van der Waals surface area contributed by atoms with E-state index in [-0.39, 0.29) is 91.3 Å². The molecule has 0 heterocycles. The SMILES string of the molecule is [Li+].[Mo+6].[O-2].[O-2].[O-2].[O-2].[O-2].[O-2].[V+5]. The van der Waals surface area contributed by atoms with E-state index in [1.807, 2.05) is 0 Å². The second-order valence-corrected chi connectivity index (χ2v) is 0. The first-order valence-electron chi connectivity index (χ1n) is 0.